The van der Waals surface area contributed by atoms with E-state index in [-0.39, 0.29) is 12.1 Å². The Hall–Kier alpha value is -2.61. The van der Waals surface area contributed by atoms with Crippen molar-refractivity contribution >= 4 is 27.3 Å². The lowest BCUT2D eigenvalue weighted by Crippen LogP contribution is -2.47. The van der Waals surface area contributed by atoms with Crippen molar-refractivity contribution in [3.05, 3.63) is 54.3 Å². The number of methoxy groups -OCH3 is 1. The number of halogens is 1. The number of nitrogens with zero attached hydrogens (tertiary/aromatic N) is 1. The van der Waals surface area contributed by atoms with Gasteiger partial charge in [-0.05, 0) is 30.7 Å². The third kappa shape index (κ3) is 4.51. The summed E-state index contributed by atoms with van der Waals surface area (Å²) in [5.74, 6) is -0.732. The smallest absolute Gasteiger partial charge is 0.248 e. The molecule has 8 heteroatoms. The normalized spacial score (nSPS) is 12.3. The zero-order valence-electron chi connectivity index (χ0n) is 14.8. The number of carbonyl (C=O) groups is 1. The second kappa shape index (κ2) is 8.18. The number of ether oxygens (including phenoxy) is 1. The van der Waals surface area contributed by atoms with Crippen molar-refractivity contribution in [2.24, 2.45) is 0 Å². The van der Waals surface area contributed by atoms with Gasteiger partial charge in [-0.25, -0.2) is 12.8 Å². The summed E-state index contributed by atoms with van der Waals surface area (Å²) in [6.07, 6.45) is 1.11. The number of hydrogen-bond acceptors (Lipinski definition) is 4. The molecule has 26 heavy (non-hydrogen) atoms. The van der Waals surface area contributed by atoms with Crippen LogP contribution in [0, 0.1) is 5.82 Å². The maximum Gasteiger partial charge on any atom is 0.248 e. The molecule has 0 saturated heterocycles. The molecular formula is C18H21FN2O4S. The fourth-order valence-electron chi connectivity index (χ4n) is 2.59. The largest absolute Gasteiger partial charge is 0.497 e. The van der Waals surface area contributed by atoms with Crippen LogP contribution in [0.5, 0.6) is 5.75 Å². The average Bonchev–Trinajstić information content (AvgIpc) is 2.59. The molecular weight excluding hydrogens is 359 g/mol. The Morgan fingerprint density at radius 3 is 2.50 bits per heavy atom. The summed E-state index contributed by atoms with van der Waals surface area (Å²) >= 11 is 0. The van der Waals surface area contributed by atoms with Crippen LogP contribution in [0.3, 0.4) is 0 Å². The second-order valence-corrected chi connectivity index (χ2v) is 7.51. The van der Waals surface area contributed by atoms with Gasteiger partial charge in [0.25, 0.3) is 0 Å². The first-order chi connectivity index (χ1) is 12.3. The monoisotopic (exact) mass is 380 g/mol. The fraction of sp³-hybridized carbons (Fsp3) is 0.278. The number of sulfonamides is 1. The van der Waals surface area contributed by atoms with Crippen molar-refractivity contribution in [3.63, 3.8) is 0 Å². The van der Waals surface area contributed by atoms with Crippen LogP contribution in [0.4, 0.5) is 15.8 Å². The second-order valence-electron chi connectivity index (χ2n) is 5.66. The first-order valence-electron chi connectivity index (χ1n) is 7.96. The van der Waals surface area contributed by atoms with Crippen LogP contribution in [0.25, 0.3) is 0 Å². The molecule has 2 rings (SSSR count). The summed E-state index contributed by atoms with van der Waals surface area (Å²) < 4.78 is 44.7. The molecule has 140 valence electrons. The molecule has 0 bridgehead atoms. The molecule has 1 amide bonds. The highest BCUT2D eigenvalue weighted by atomic mass is 32.2. The van der Waals surface area contributed by atoms with Gasteiger partial charge in [0, 0.05) is 11.8 Å². The van der Waals surface area contributed by atoms with Crippen LogP contribution in [-0.2, 0) is 14.8 Å². The van der Waals surface area contributed by atoms with Gasteiger partial charge in [-0.2, -0.15) is 0 Å². The third-order valence-corrected chi connectivity index (χ3v) is 4.92. The van der Waals surface area contributed by atoms with Crippen LogP contribution in [0.1, 0.15) is 13.3 Å². The van der Waals surface area contributed by atoms with Crippen molar-refractivity contribution in [1.82, 2.24) is 0 Å². The molecule has 0 fully saturated rings. The number of para-hydroxylation sites is 1. The minimum absolute atomic E-state index is 0.164. The molecule has 6 nitrogen and oxygen atoms in total. The molecule has 0 saturated carbocycles. The van der Waals surface area contributed by atoms with Gasteiger partial charge in [-0.3, -0.25) is 9.10 Å². The fourth-order valence-corrected chi connectivity index (χ4v) is 3.80. The molecule has 0 heterocycles. The molecule has 0 aliphatic heterocycles. The van der Waals surface area contributed by atoms with E-state index in [0.29, 0.717) is 11.4 Å². The number of hydrogen-bond donors (Lipinski definition) is 1. The minimum atomic E-state index is -3.89. The molecule has 1 atom stereocenters. The Balaban J connectivity index is 2.38. The van der Waals surface area contributed by atoms with E-state index in [1.54, 1.807) is 31.2 Å². The van der Waals surface area contributed by atoms with Crippen molar-refractivity contribution in [1.29, 1.82) is 0 Å². The third-order valence-electron chi connectivity index (χ3n) is 3.76. The Kier molecular flexibility index (Phi) is 6.20. The van der Waals surface area contributed by atoms with E-state index >= 15 is 0 Å². The van der Waals surface area contributed by atoms with E-state index in [9.17, 15) is 17.6 Å². The number of rotatable bonds is 7. The Morgan fingerprint density at radius 1 is 1.23 bits per heavy atom. The summed E-state index contributed by atoms with van der Waals surface area (Å²) in [6, 6.07) is 11.0. The number of carbonyl (C=O) groups excluding carboxylic acids is 1. The molecule has 0 unspecified atom stereocenters. The van der Waals surface area contributed by atoms with E-state index in [1.807, 2.05) is 0 Å². The lowest BCUT2D eigenvalue weighted by Gasteiger charge is -2.30. The van der Waals surface area contributed by atoms with Crippen molar-refractivity contribution in [2.75, 3.05) is 23.0 Å². The molecule has 0 spiro atoms. The lowest BCUT2D eigenvalue weighted by atomic mass is 10.1. The van der Waals surface area contributed by atoms with Crippen LogP contribution < -0.4 is 14.4 Å². The van der Waals surface area contributed by atoms with Gasteiger partial charge in [0.1, 0.15) is 17.6 Å². The summed E-state index contributed by atoms with van der Waals surface area (Å²) in [5.41, 5.74) is 0.289. The topological polar surface area (TPSA) is 75.7 Å². The van der Waals surface area contributed by atoms with E-state index in [4.69, 9.17) is 4.74 Å². The first kappa shape index (κ1) is 19.7. The maximum absolute atomic E-state index is 14.2. The van der Waals surface area contributed by atoms with Gasteiger partial charge in [-0.15, -0.1) is 0 Å². The summed E-state index contributed by atoms with van der Waals surface area (Å²) in [6.45, 7) is 1.66. The SMILES string of the molecule is CC[C@@H](C(=O)Nc1cccc(OC)c1)N(c1ccccc1F)S(C)(=O)=O. The summed E-state index contributed by atoms with van der Waals surface area (Å²) in [7, 11) is -2.39. The quantitative estimate of drug-likeness (QED) is 0.801. The molecule has 1 N–H and O–H groups in total. The van der Waals surface area contributed by atoms with Crippen LogP contribution >= 0.6 is 0 Å². The minimum Gasteiger partial charge on any atom is -0.497 e. The van der Waals surface area contributed by atoms with Crippen molar-refractivity contribution in [2.45, 2.75) is 19.4 Å². The molecule has 0 aliphatic carbocycles. The predicted octanol–water partition coefficient (Wildman–Crippen LogP) is 3.02. The Labute approximate surface area is 152 Å². The average molecular weight is 380 g/mol. The highest BCUT2D eigenvalue weighted by Crippen LogP contribution is 2.26. The molecule has 0 radical (unpaired) electrons. The van der Waals surface area contributed by atoms with Crippen LogP contribution in [0.15, 0.2) is 48.5 Å². The van der Waals surface area contributed by atoms with Gasteiger partial charge in [-0.1, -0.05) is 25.1 Å². The molecule has 2 aromatic rings. The molecule has 2 aromatic carbocycles. The zero-order chi connectivity index (χ0) is 19.3. The standard InChI is InChI=1S/C18H21FN2O4S/c1-4-16(18(22)20-13-8-7-9-14(12-13)25-2)21(26(3,23)24)17-11-6-5-10-15(17)19/h5-12,16H,4H2,1-3H3,(H,20,22)/t16-/m0/s1. The van der Waals surface area contributed by atoms with Crippen molar-refractivity contribution < 1.29 is 22.3 Å². The molecule has 0 aliphatic rings. The number of amides is 1. The summed E-state index contributed by atoms with van der Waals surface area (Å²) in [5, 5.41) is 2.66. The van der Waals surface area contributed by atoms with Gasteiger partial charge < -0.3 is 10.1 Å². The van der Waals surface area contributed by atoms with Crippen LogP contribution in [0.2, 0.25) is 0 Å². The Morgan fingerprint density at radius 2 is 1.92 bits per heavy atom. The highest BCUT2D eigenvalue weighted by Gasteiger charge is 2.33. The predicted molar refractivity (Wildman–Crippen MR) is 99.4 cm³/mol. The lowest BCUT2D eigenvalue weighted by molar-refractivity contribution is -0.117. The van der Waals surface area contributed by atoms with E-state index in [0.717, 1.165) is 16.6 Å². The summed E-state index contributed by atoms with van der Waals surface area (Å²) in [4.78, 5) is 12.7. The van der Waals surface area contributed by atoms with Gasteiger partial charge in [0.05, 0.1) is 19.1 Å². The first-order valence-corrected chi connectivity index (χ1v) is 9.81. The molecule has 0 aromatic heterocycles. The number of anilines is 2. The van der Waals surface area contributed by atoms with Crippen molar-refractivity contribution in [3.8, 4) is 5.75 Å². The van der Waals surface area contributed by atoms with Gasteiger partial charge in [0.2, 0.25) is 15.9 Å². The van der Waals surface area contributed by atoms with Gasteiger partial charge >= 0.3 is 0 Å². The van der Waals surface area contributed by atoms with E-state index in [2.05, 4.69) is 5.32 Å². The van der Waals surface area contributed by atoms with Gasteiger partial charge in [0.15, 0.2) is 0 Å². The highest BCUT2D eigenvalue weighted by molar-refractivity contribution is 7.92. The van der Waals surface area contributed by atoms with E-state index < -0.39 is 27.8 Å². The number of nitrogens with one attached hydrogen (secondary N) is 1. The Bertz CT molecular complexity index is 886. The number of benzene rings is 2. The maximum atomic E-state index is 14.2. The van der Waals surface area contributed by atoms with E-state index in [1.165, 1.54) is 25.3 Å². The van der Waals surface area contributed by atoms with Crippen LogP contribution in [-0.4, -0.2) is 33.7 Å². The zero-order valence-corrected chi connectivity index (χ0v) is 15.6.